The van der Waals surface area contributed by atoms with Crippen LogP contribution in [0.25, 0.3) is 0 Å². The number of ether oxygens (including phenoxy) is 2. The van der Waals surface area contributed by atoms with Crippen molar-refractivity contribution in [3.63, 3.8) is 0 Å². The van der Waals surface area contributed by atoms with Gasteiger partial charge in [-0.25, -0.2) is 19.2 Å². The number of unbranched alkanes of at least 4 members (excludes halogenated alkanes) is 10. The minimum atomic E-state index is -1.12. The first-order valence-corrected chi connectivity index (χ1v) is 16.6. The predicted octanol–water partition coefficient (Wildman–Crippen LogP) is 9.55. The number of hydrogen-bond acceptors (Lipinski definition) is 7. The summed E-state index contributed by atoms with van der Waals surface area (Å²) in [5.41, 5.74) is 1.58. The summed E-state index contributed by atoms with van der Waals surface area (Å²) in [6, 6.07) is 19.5. The second-order valence-electron chi connectivity index (χ2n) is 11.2. The first-order chi connectivity index (χ1) is 22.8. The van der Waals surface area contributed by atoms with Crippen LogP contribution in [0, 0.1) is 0 Å². The summed E-state index contributed by atoms with van der Waals surface area (Å²) in [4.78, 5) is 46.7. The van der Waals surface area contributed by atoms with E-state index >= 15 is 0 Å². The number of para-hydroxylation sites is 1. The Kier molecular flexibility index (Phi) is 18.7. The largest absolute Gasteiger partial charge is 0.478 e. The summed E-state index contributed by atoms with van der Waals surface area (Å²) >= 11 is 0. The van der Waals surface area contributed by atoms with E-state index in [0.717, 1.165) is 25.7 Å². The second kappa shape index (κ2) is 22.8. The second-order valence-corrected chi connectivity index (χ2v) is 11.2. The monoisotopic (exact) mass is 647 g/mol. The molecule has 0 aliphatic rings. The number of rotatable bonds is 20. The number of nitrogens with one attached hydrogen (secondary N) is 1. The lowest BCUT2D eigenvalue weighted by atomic mass is 10.1. The zero-order chi connectivity index (χ0) is 34.3. The molecule has 0 aliphatic heterocycles. The Hall–Kier alpha value is -4.66. The number of esters is 2. The molecule has 9 nitrogen and oxygen atoms in total. The molecular weight excluding hydrogens is 598 g/mol. The lowest BCUT2D eigenvalue weighted by Gasteiger charge is -2.10. The number of anilines is 2. The molecule has 0 atom stereocenters. The van der Waals surface area contributed by atoms with Crippen molar-refractivity contribution in [1.82, 2.24) is 0 Å². The Bertz CT molecular complexity index is 1340. The van der Waals surface area contributed by atoms with Crippen LogP contribution < -0.4 is 5.32 Å². The van der Waals surface area contributed by atoms with Gasteiger partial charge in [0.15, 0.2) is 0 Å². The van der Waals surface area contributed by atoms with Crippen LogP contribution in [0.3, 0.4) is 0 Å². The van der Waals surface area contributed by atoms with Gasteiger partial charge in [0.2, 0.25) is 0 Å². The van der Waals surface area contributed by atoms with Crippen LogP contribution in [0.4, 0.5) is 11.4 Å². The summed E-state index contributed by atoms with van der Waals surface area (Å²) in [5, 5.41) is 20.9. The van der Waals surface area contributed by atoms with Crippen molar-refractivity contribution >= 4 is 35.3 Å². The third kappa shape index (κ3) is 15.0. The Labute approximate surface area is 278 Å². The van der Waals surface area contributed by atoms with Gasteiger partial charge in [-0.1, -0.05) is 108 Å². The number of benzene rings is 3. The van der Waals surface area contributed by atoms with Crippen LogP contribution in [0.15, 0.2) is 72.8 Å². The molecule has 3 aromatic rings. The summed E-state index contributed by atoms with van der Waals surface area (Å²) < 4.78 is 10.7. The summed E-state index contributed by atoms with van der Waals surface area (Å²) in [6.07, 6.45) is 13.6. The van der Waals surface area contributed by atoms with Crippen LogP contribution >= 0.6 is 0 Å². The third-order valence-corrected chi connectivity index (χ3v) is 7.38. The minimum absolute atomic E-state index is 0.0221. The molecule has 9 heteroatoms. The first kappa shape index (κ1) is 38.5. The molecule has 0 radical (unpaired) electrons. The molecule has 254 valence electrons. The quantitative estimate of drug-likeness (QED) is 0.0808. The SMILES string of the molecule is CCCCCCCCOC(=O)c1ccccc1C(=O)OCCCCCCCC.O=C(O)c1ccc(C(=O)O)c(Nc2ccccc2)c1. The molecule has 0 fully saturated rings. The smallest absolute Gasteiger partial charge is 0.339 e. The summed E-state index contributed by atoms with van der Waals surface area (Å²) in [6.45, 7) is 5.17. The van der Waals surface area contributed by atoms with Gasteiger partial charge in [0, 0.05) is 5.69 Å². The molecule has 0 aromatic heterocycles. The average Bonchev–Trinajstić information content (AvgIpc) is 3.08. The van der Waals surface area contributed by atoms with E-state index in [2.05, 4.69) is 19.2 Å². The molecule has 0 bridgehead atoms. The molecule has 0 unspecified atom stereocenters. The fourth-order valence-electron chi connectivity index (χ4n) is 4.73. The number of carbonyl (C=O) groups excluding carboxylic acids is 2. The Morgan fingerprint density at radius 1 is 0.553 bits per heavy atom. The Balaban J connectivity index is 0.000000350. The lowest BCUT2D eigenvalue weighted by molar-refractivity contribution is 0.0450. The van der Waals surface area contributed by atoms with E-state index in [1.165, 1.54) is 69.6 Å². The van der Waals surface area contributed by atoms with Crippen molar-refractivity contribution in [3.05, 3.63) is 95.1 Å². The van der Waals surface area contributed by atoms with E-state index in [1.54, 1.807) is 48.5 Å². The van der Waals surface area contributed by atoms with Gasteiger partial charge in [-0.05, 0) is 55.3 Å². The zero-order valence-corrected chi connectivity index (χ0v) is 27.7. The Morgan fingerprint density at radius 3 is 1.49 bits per heavy atom. The van der Waals surface area contributed by atoms with Crippen LogP contribution in [-0.4, -0.2) is 47.3 Å². The fourth-order valence-corrected chi connectivity index (χ4v) is 4.73. The highest BCUT2D eigenvalue weighted by Crippen LogP contribution is 2.23. The van der Waals surface area contributed by atoms with Crippen LogP contribution in [0.1, 0.15) is 132 Å². The molecule has 3 aromatic carbocycles. The van der Waals surface area contributed by atoms with Gasteiger partial charge < -0.3 is 25.0 Å². The highest BCUT2D eigenvalue weighted by atomic mass is 16.5. The maximum absolute atomic E-state index is 12.4. The average molecular weight is 648 g/mol. The molecule has 0 saturated carbocycles. The Morgan fingerprint density at radius 2 is 1.02 bits per heavy atom. The number of aromatic carboxylic acids is 2. The summed E-state index contributed by atoms with van der Waals surface area (Å²) in [5.74, 6) is -3.11. The number of carbonyl (C=O) groups is 4. The van der Waals surface area contributed by atoms with Gasteiger partial charge in [0.25, 0.3) is 0 Å². The fraction of sp³-hybridized carbons (Fsp3) is 0.421. The molecule has 3 rings (SSSR count). The standard InChI is InChI=1S/C24H38O4.C14H11NO4/c1-3-5-7-9-11-15-19-27-23(25)21-17-13-14-18-22(21)24(26)28-20-16-12-10-8-6-4-2;16-13(17)9-6-7-11(14(18)19)12(8-9)15-10-4-2-1-3-5-10/h13-14,17-18H,3-12,15-16,19-20H2,1-2H3;1-8,15H,(H,16,17)(H,18,19). The molecular formula is C38H49NO8. The maximum atomic E-state index is 12.4. The van der Waals surface area contributed by atoms with E-state index in [0.29, 0.717) is 30.0 Å². The van der Waals surface area contributed by atoms with Crippen LogP contribution in [0.5, 0.6) is 0 Å². The van der Waals surface area contributed by atoms with Gasteiger partial charge in [-0.3, -0.25) is 0 Å². The molecule has 0 spiro atoms. The number of carboxylic acids is 2. The van der Waals surface area contributed by atoms with E-state index in [9.17, 15) is 19.2 Å². The van der Waals surface area contributed by atoms with Gasteiger partial charge in [0.05, 0.1) is 41.2 Å². The lowest BCUT2D eigenvalue weighted by Crippen LogP contribution is -2.15. The zero-order valence-electron chi connectivity index (χ0n) is 27.7. The van der Waals surface area contributed by atoms with E-state index in [-0.39, 0.29) is 16.8 Å². The molecule has 3 N–H and O–H groups in total. The van der Waals surface area contributed by atoms with Crippen molar-refractivity contribution < 1.29 is 38.9 Å². The van der Waals surface area contributed by atoms with Gasteiger partial charge >= 0.3 is 23.9 Å². The minimum Gasteiger partial charge on any atom is -0.478 e. The van der Waals surface area contributed by atoms with E-state index in [1.807, 2.05) is 6.07 Å². The van der Waals surface area contributed by atoms with Crippen LogP contribution in [0.2, 0.25) is 0 Å². The van der Waals surface area contributed by atoms with Crippen molar-refractivity contribution in [2.45, 2.75) is 90.9 Å². The third-order valence-electron chi connectivity index (χ3n) is 7.38. The van der Waals surface area contributed by atoms with Crippen molar-refractivity contribution in [2.24, 2.45) is 0 Å². The maximum Gasteiger partial charge on any atom is 0.339 e. The molecule has 47 heavy (non-hydrogen) atoms. The van der Waals surface area contributed by atoms with Crippen molar-refractivity contribution in [3.8, 4) is 0 Å². The van der Waals surface area contributed by atoms with Crippen LogP contribution in [-0.2, 0) is 9.47 Å². The topological polar surface area (TPSA) is 139 Å². The van der Waals surface area contributed by atoms with Crippen molar-refractivity contribution in [2.75, 3.05) is 18.5 Å². The highest BCUT2D eigenvalue weighted by molar-refractivity contribution is 6.03. The van der Waals surface area contributed by atoms with E-state index < -0.39 is 23.9 Å². The molecule has 0 amide bonds. The molecule has 0 heterocycles. The number of carboxylic acid groups (broad SMARTS) is 2. The summed E-state index contributed by atoms with van der Waals surface area (Å²) in [7, 11) is 0. The van der Waals surface area contributed by atoms with Gasteiger partial charge in [0.1, 0.15) is 0 Å². The normalized spacial score (nSPS) is 10.3. The predicted molar refractivity (Wildman–Crippen MR) is 184 cm³/mol. The first-order valence-electron chi connectivity index (χ1n) is 16.6. The van der Waals surface area contributed by atoms with Gasteiger partial charge in [-0.15, -0.1) is 0 Å². The highest BCUT2D eigenvalue weighted by Gasteiger charge is 2.19. The molecule has 0 saturated heterocycles. The van der Waals surface area contributed by atoms with Gasteiger partial charge in [-0.2, -0.15) is 0 Å². The number of hydrogen-bond donors (Lipinski definition) is 3. The van der Waals surface area contributed by atoms with Crippen molar-refractivity contribution in [1.29, 1.82) is 0 Å². The van der Waals surface area contributed by atoms with E-state index in [4.69, 9.17) is 19.7 Å². The molecule has 0 aliphatic carbocycles.